The fraction of sp³-hybridized carbons (Fsp3) is 0.562. The predicted octanol–water partition coefficient (Wildman–Crippen LogP) is 1.64. The van der Waals surface area contributed by atoms with Crippen LogP contribution in [0.5, 0.6) is 0 Å². The van der Waals surface area contributed by atoms with Crippen LogP contribution in [0.1, 0.15) is 5.56 Å². The standard InChI is InChI=1S/C16H26N4O.HI/c1-17-16(18-11-15-13-19(2)9-10-21-15)20(3)12-14-7-5-4-6-8-14;/h4-8,15H,9-13H2,1-3H3,(H,17,18);1H. The minimum atomic E-state index is 0. The highest BCUT2D eigenvalue weighted by molar-refractivity contribution is 14.0. The maximum atomic E-state index is 5.76. The average molecular weight is 418 g/mol. The van der Waals surface area contributed by atoms with Crippen LogP contribution in [0.2, 0.25) is 0 Å². The van der Waals surface area contributed by atoms with Gasteiger partial charge in [-0.2, -0.15) is 0 Å². The summed E-state index contributed by atoms with van der Waals surface area (Å²) >= 11 is 0. The van der Waals surface area contributed by atoms with E-state index in [0.717, 1.165) is 38.7 Å². The highest BCUT2D eigenvalue weighted by Crippen LogP contribution is 2.04. The van der Waals surface area contributed by atoms with Gasteiger partial charge >= 0.3 is 0 Å². The van der Waals surface area contributed by atoms with Gasteiger partial charge in [0, 0.05) is 40.3 Å². The molecule has 1 aromatic carbocycles. The van der Waals surface area contributed by atoms with Gasteiger partial charge in [-0.3, -0.25) is 4.99 Å². The Morgan fingerprint density at radius 3 is 2.77 bits per heavy atom. The van der Waals surface area contributed by atoms with Gasteiger partial charge in [0.1, 0.15) is 0 Å². The van der Waals surface area contributed by atoms with Gasteiger partial charge in [-0.1, -0.05) is 30.3 Å². The molecule has 0 amide bonds. The van der Waals surface area contributed by atoms with E-state index in [2.05, 4.69) is 58.5 Å². The SMILES string of the molecule is CN=C(NCC1CN(C)CCO1)N(C)Cc1ccccc1.I. The van der Waals surface area contributed by atoms with E-state index in [0.29, 0.717) is 0 Å². The number of halogens is 1. The second-order valence-corrected chi connectivity index (χ2v) is 5.52. The van der Waals surface area contributed by atoms with E-state index in [4.69, 9.17) is 4.74 Å². The molecule has 5 nitrogen and oxygen atoms in total. The number of nitrogens with zero attached hydrogens (tertiary/aromatic N) is 3. The Kier molecular flexibility index (Phi) is 8.74. The number of hydrogen-bond donors (Lipinski definition) is 1. The molecule has 1 heterocycles. The molecule has 0 bridgehead atoms. The number of hydrogen-bond acceptors (Lipinski definition) is 3. The Balaban J connectivity index is 0.00000242. The molecule has 2 rings (SSSR count). The van der Waals surface area contributed by atoms with Crippen molar-refractivity contribution in [2.45, 2.75) is 12.6 Å². The van der Waals surface area contributed by atoms with Crippen LogP contribution in [0.3, 0.4) is 0 Å². The fourth-order valence-electron chi connectivity index (χ4n) is 2.51. The lowest BCUT2D eigenvalue weighted by Gasteiger charge is -2.31. The molecule has 1 atom stereocenters. The van der Waals surface area contributed by atoms with Gasteiger partial charge in [0.2, 0.25) is 0 Å². The minimum absolute atomic E-state index is 0. The van der Waals surface area contributed by atoms with Gasteiger partial charge < -0.3 is 19.9 Å². The van der Waals surface area contributed by atoms with E-state index in [1.165, 1.54) is 5.56 Å². The topological polar surface area (TPSA) is 40.1 Å². The van der Waals surface area contributed by atoms with Crippen LogP contribution in [0.15, 0.2) is 35.3 Å². The van der Waals surface area contributed by atoms with Crippen molar-refractivity contribution in [1.82, 2.24) is 15.1 Å². The molecule has 1 aliphatic heterocycles. The summed E-state index contributed by atoms with van der Waals surface area (Å²) in [7, 11) is 6.00. The number of nitrogens with one attached hydrogen (secondary N) is 1. The molecule has 22 heavy (non-hydrogen) atoms. The van der Waals surface area contributed by atoms with Gasteiger partial charge in [0.15, 0.2) is 5.96 Å². The summed E-state index contributed by atoms with van der Waals surface area (Å²) < 4.78 is 5.76. The van der Waals surface area contributed by atoms with Crippen molar-refractivity contribution in [2.75, 3.05) is 47.4 Å². The molecule has 0 radical (unpaired) electrons. The van der Waals surface area contributed by atoms with Gasteiger partial charge in [-0.05, 0) is 12.6 Å². The molecule has 1 aromatic rings. The normalized spacial score (nSPS) is 19.4. The molecule has 6 heteroatoms. The molecule has 0 aromatic heterocycles. The van der Waals surface area contributed by atoms with Crippen molar-refractivity contribution in [2.24, 2.45) is 4.99 Å². The van der Waals surface area contributed by atoms with Gasteiger partial charge in [0.05, 0.1) is 12.7 Å². The second-order valence-electron chi connectivity index (χ2n) is 5.52. The fourth-order valence-corrected chi connectivity index (χ4v) is 2.51. The molecule has 1 aliphatic rings. The monoisotopic (exact) mass is 418 g/mol. The number of aliphatic imine (C=N–C) groups is 1. The lowest BCUT2D eigenvalue weighted by Crippen LogP contribution is -2.48. The molecule has 1 unspecified atom stereocenters. The first-order valence-corrected chi connectivity index (χ1v) is 7.45. The molecule has 0 saturated carbocycles. The Hall–Kier alpha value is -0.860. The van der Waals surface area contributed by atoms with Crippen LogP contribution in [0.4, 0.5) is 0 Å². The Bertz CT molecular complexity index is 455. The van der Waals surface area contributed by atoms with Crippen LogP contribution >= 0.6 is 24.0 Å². The molecule has 124 valence electrons. The number of benzene rings is 1. The van der Waals surface area contributed by atoms with Gasteiger partial charge in [-0.15, -0.1) is 24.0 Å². The maximum Gasteiger partial charge on any atom is 0.193 e. The third kappa shape index (κ3) is 6.10. The highest BCUT2D eigenvalue weighted by atomic mass is 127. The molecule has 0 aliphatic carbocycles. The summed E-state index contributed by atoms with van der Waals surface area (Å²) in [4.78, 5) is 8.77. The van der Waals surface area contributed by atoms with E-state index >= 15 is 0 Å². The highest BCUT2D eigenvalue weighted by Gasteiger charge is 2.18. The Labute approximate surface area is 150 Å². The Morgan fingerprint density at radius 1 is 1.41 bits per heavy atom. The van der Waals surface area contributed by atoms with Crippen molar-refractivity contribution >= 4 is 29.9 Å². The summed E-state index contributed by atoms with van der Waals surface area (Å²) in [6.07, 6.45) is 0.227. The van der Waals surface area contributed by atoms with Crippen molar-refractivity contribution in [3.8, 4) is 0 Å². The van der Waals surface area contributed by atoms with Gasteiger partial charge in [0.25, 0.3) is 0 Å². The zero-order valence-electron chi connectivity index (χ0n) is 13.7. The number of guanidine groups is 1. The Morgan fingerprint density at radius 2 is 2.14 bits per heavy atom. The lowest BCUT2D eigenvalue weighted by molar-refractivity contribution is -0.0163. The lowest BCUT2D eigenvalue weighted by atomic mass is 10.2. The third-order valence-electron chi connectivity index (χ3n) is 3.67. The first-order valence-electron chi connectivity index (χ1n) is 7.45. The average Bonchev–Trinajstić information content (AvgIpc) is 2.49. The smallest absolute Gasteiger partial charge is 0.193 e. The summed E-state index contributed by atoms with van der Waals surface area (Å²) in [5, 5.41) is 3.40. The molecular formula is C16H27IN4O. The quantitative estimate of drug-likeness (QED) is 0.459. The minimum Gasteiger partial charge on any atom is -0.374 e. The van der Waals surface area contributed by atoms with Crippen LogP contribution in [-0.4, -0.2) is 69.2 Å². The van der Waals surface area contributed by atoms with Crippen molar-refractivity contribution in [3.63, 3.8) is 0 Å². The first kappa shape index (κ1) is 19.2. The summed E-state index contributed by atoms with van der Waals surface area (Å²) in [6, 6.07) is 10.4. The number of ether oxygens (including phenoxy) is 1. The van der Waals surface area contributed by atoms with E-state index < -0.39 is 0 Å². The third-order valence-corrected chi connectivity index (χ3v) is 3.67. The summed E-state index contributed by atoms with van der Waals surface area (Å²) in [5.74, 6) is 0.899. The molecular weight excluding hydrogens is 391 g/mol. The molecule has 0 spiro atoms. The van der Waals surface area contributed by atoms with Crippen molar-refractivity contribution < 1.29 is 4.74 Å². The van der Waals surface area contributed by atoms with Crippen LogP contribution < -0.4 is 5.32 Å². The number of rotatable bonds is 4. The summed E-state index contributed by atoms with van der Waals surface area (Å²) in [6.45, 7) is 4.41. The van der Waals surface area contributed by atoms with Crippen LogP contribution in [0.25, 0.3) is 0 Å². The van der Waals surface area contributed by atoms with Crippen LogP contribution in [-0.2, 0) is 11.3 Å². The van der Waals surface area contributed by atoms with Crippen molar-refractivity contribution in [1.29, 1.82) is 0 Å². The van der Waals surface area contributed by atoms with Crippen molar-refractivity contribution in [3.05, 3.63) is 35.9 Å². The second kappa shape index (κ2) is 10.0. The molecule has 1 fully saturated rings. The van der Waals surface area contributed by atoms with E-state index in [-0.39, 0.29) is 30.1 Å². The van der Waals surface area contributed by atoms with Crippen LogP contribution in [0, 0.1) is 0 Å². The zero-order chi connectivity index (χ0) is 15.1. The van der Waals surface area contributed by atoms with E-state index in [1.54, 1.807) is 0 Å². The maximum absolute atomic E-state index is 5.76. The first-order chi connectivity index (χ1) is 10.2. The van der Waals surface area contributed by atoms with Gasteiger partial charge in [-0.25, -0.2) is 0 Å². The number of likely N-dealkylation sites (N-methyl/N-ethyl adjacent to an activating group) is 1. The largest absolute Gasteiger partial charge is 0.374 e. The molecule has 1 N–H and O–H groups in total. The predicted molar refractivity (Wildman–Crippen MR) is 102 cm³/mol. The number of morpholine rings is 1. The summed E-state index contributed by atoms with van der Waals surface area (Å²) in [5.41, 5.74) is 1.27. The molecule has 1 saturated heterocycles. The zero-order valence-corrected chi connectivity index (χ0v) is 16.0. The van der Waals surface area contributed by atoms with E-state index in [1.807, 2.05) is 13.1 Å². The van der Waals surface area contributed by atoms with E-state index in [9.17, 15) is 0 Å².